The van der Waals surface area contributed by atoms with Crippen LogP contribution in [-0.2, 0) is 15.7 Å². The molecule has 0 unspecified atom stereocenters. The molecule has 2 heterocycles. The molecule has 10 heteroatoms. The van der Waals surface area contributed by atoms with Crippen LogP contribution in [-0.4, -0.2) is 32.7 Å². The zero-order valence-electron chi connectivity index (χ0n) is 8.78. The highest BCUT2D eigenvalue weighted by Crippen LogP contribution is 2.26. The molecular formula is C8H5F3N4O3. The van der Waals surface area contributed by atoms with Crippen molar-refractivity contribution in [2.24, 2.45) is 0 Å². The van der Waals surface area contributed by atoms with E-state index in [2.05, 4.69) is 19.9 Å². The monoisotopic (exact) mass is 262 g/mol. The van der Waals surface area contributed by atoms with E-state index in [-0.39, 0.29) is 9.75 Å². The Morgan fingerprint density at radius 3 is 2.67 bits per heavy atom. The molecule has 0 amide bonds. The quantitative estimate of drug-likeness (QED) is 0.673. The molecule has 2 rings (SSSR count). The molecule has 0 spiro atoms. The van der Waals surface area contributed by atoms with E-state index in [1.807, 2.05) is 0 Å². The van der Waals surface area contributed by atoms with E-state index in [0.29, 0.717) is 0 Å². The molecule has 0 saturated carbocycles. The number of carbonyl (C=O) groups is 1. The molecule has 0 radical (unpaired) electrons. The number of fused-ring (bicyclic) bond motifs is 1. The van der Waals surface area contributed by atoms with Gasteiger partial charge in [-0.25, -0.2) is 9.20 Å². The fourth-order valence-electron chi connectivity index (χ4n) is 1.31. The molecule has 0 bridgehead atoms. The lowest BCUT2D eigenvalue weighted by Gasteiger charge is -1.99. The first-order valence-corrected chi connectivity index (χ1v) is 4.48. The summed E-state index contributed by atoms with van der Waals surface area (Å²) < 4.78 is 42.0. The first-order valence-electron chi connectivity index (χ1n) is 4.48. The van der Waals surface area contributed by atoms with Crippen molar-refractivity contribution in [3.63, 3.8) is 0 Å². The zero-order chi connectivity index (χ0) is 13.5. The van der Waals surface area contributed by atoms with Crippen LogP contribution in [0.4, 0.5) is 13.2 Å². The largest absolute Gasteiger partial charge is 0.466 e. The molecular weight excluding hydrogens is 257 g/mol. The number of nitrogens with zero attached hydrogens (tertiary/aromatic N) is 3. The van der Waals surface area contributed by atoms with E-state index in [9.17, 15) is 22.8 Å². The molecule has 7 nitrogen and oxygen atoms in total. The predicted octanol–water partition coefficient (Wildman–Crippen LogP) is -0.891. The van der Waals surface area contributed by atoms with Crippen molar-refractivity contribution < 1.29 is 22.7 Å². The highest BCUT2D eigenvalue weighted by molar-refractivity contribution is 5.99. The molecule has 0 aliphatic carbocycles. The third-order valence-corrected chi connectivity index (χ3v) is 2.06. The van der Waals surface area contributed by atoms with Crippen molar-refractivity contribution in [2.75, 3.05) is 7.11 Å². The number of H-pyrrole nitrogens is 1. The lowest BCUT2D eigenvalue weighted by molar-refractivity contribution is -0.145. The predicted molar refractivity (Wildman–Crippen MR) is 50.3 cm³/mol. The molecule has 2 aromatic rings. The van der Waals surface area contributed by atoms with Crippen molar-refractivity contribution in [3.8, 4) is 0 Å². The van der Waals surface area contributed by atoms with Crippen LogP contribution in [0.5, 0.6) is 0 Å². The van der Waals surface area contributed by atoms with Crippen molar-refractivity contribution in [1.29, 1.82) is 0 Å². The Balaban J connectivity index is 2.74. The van der Waals surface area contributed by atoms with Gasteiger partial charge in [0.05, 0.1) is 13.2 Å². The van der Waals surface area contributed by atoms with Crippen LogP contribution in [0.2, 0.25) is 0 Å². The molecule has 0 aromatic carbocycles. The smallest absolute Gasteiger partial charge is 0.452 e. The van der Waals surface area contributed by atoms with Crippen LogP contribution < -0.4 is 10.9 Å². The van der Waals surface area contributed by atoms with Gasteiger partial charge < -0.3 is 9.72 Å². The number of esters is 1. The molecule has 18 heavy (non-hydrogen) atoms. The minimum absolute atomic E-state index is 0.245. The van der Waals surface area contributed by atoms with Crippen LogP contribution in [0.3, 0.4) is 0 Å². The van der Waals surface area contributed by atoms with Gasteiger partial charge in [-0.05, 0) is 0 Å². The maximum atomic E-state index is 12.5. The molecule has 0 saturated heterocycles. The van der Waals surface area contributed by atoms with Gasteiger partial charge in [-0.1, -0.05) is 0 Å². The number of rotatable bonds is 1. The number of aromatic nitrogens is 4. The highest BCUT2D eigenvalue weighted by Gasteiger charge is 2.38. The third kappa shape index (κ3) is 1.81. The van der Waals surface area contributed by atoms with Crippen molar-refractivity contribution in [1.82, 2.24) is 19.6 Å². The summed E-state index contributed by atoms with van der Waals surface area (Å²) in [5.74, 6) is -2.73. The second kappa shape index (κ2) is 3.82. The minimum Gasteiger partial charge on any atom is -0.466 e. The van der Waals surface area contributed by atoms with Crippen LogP contribution in [0.15, 0.2) is 4.79 Å². The Hall–Kier alpha value is -2.39. The topological polar surface area (TPSA) is 89.3 Å². The van der Waals surface area contributed by atoms with Crippen LogP contribution in [0.1, 0.15) is 5.82 Å². The maximum absolute atomic E-state index is 12.5. The summed E-state index contributed by atoms with van der Waals surface area (Å²) in [5, 5.41) is 5.66. The molecule has 0 fully saturated rings. The minimum atomic E-state index is -4.82. The average molecular weight is 262 g/mol. The number of alkyl halides is 3. The van der Waals surface area contributed by atoms with Gasteiger partial charge in [-0.3, -0.25) is 4.79 Å². The van der Waals surface area contributed by atoms with E-state index >= 15 is 0 Å². The summed E-state index contributed by atoms with van der Waals surface area (Å²) in [6.45, 7) is 0. The van der Waals surface area contributed by atoms with Gasteiger partial charge in [-0.2, -0.15) is 13.2 Å². The highest BCUT2D eigenvalue weighted by atomic mass is 19.4. The number of hydrogen-bond donors (Lipinski definition) is 1. The van der Waals surface area contributed by atoms with Gasteiger partial charge in [-0.15, -0.1) is 10.2 Å². The Morgan fingerprint density at radius 1 is 1.44 bits per heavy atom. The maximum Gasteiger partial charge on any atom is 0.452 e. The molecule has 0 aliphatic heterocycles. The van der Waals surface area contributed by atoms with E-state index in [1.54, 1.807) is 0 Å². The summed E-state index contributed by atoms with van der Waals surface area (Å²) in [7, 11) is 1.07. The van der Waals surface area contributed by atoms with E-state index < -0.39 is 29.3 Å². The Bertz CT molecular complexity index is 714. The number of halogens is 3. The van der Waals surface area contributed by atoms with E-state index in [1.165, 1.54) is 0 Å². The number of nitrogens with one attached hydrogen (secondary N) is 1. The first kappa shape index (κ1) is 12.1. The van der Waals surface area contributed by atoms with E-state index in [0.717, 1.165) is 13.2 Å². The molecule has 1 N–H and O–H groups in total. The van der Waals surface area contributed by atoms with Gasteiger partial charge >= 0.3 is 12.1 Å². The molecule has 0 aliphatic rings. The number of hydrogen-bond acceptors (Lipinski definition) is 5. The summed E-state index contributed by atoms with van der Waals surface area (Å²) in [6, 6.07) is 0. The fraction of sp³-hybridized carbons (Fsp3) is 0.250. The van der Waals surface area contributed by atoms with Crippen molar-refractivity contribution in [3.05, 3.63) is 21.5 Å². The van der Waals surface area contributed by atoms with Crippen LogP contribution in [0, 0.1) is 0 Å². The van der Waals surface area contributed by atoms with Crippen molar-refractivity contribution >= 4 is 17.8 Å². The van der Waals surface area contributed by atoms with Gasteiger partial charge in [0.2, 0.25) is 11.6 Å². The Morgan fingerprint density at radius 2 is 2.11 bits per heavy atom. The second-order valence-corrected chi connectivity index (χ2v) is 3.19. The van der Waals surface area contributed by atoms with Crippen LogP contribution >= 0.6 is 0 Å². The molecule has 96 valence electrons. The average Bonchev–Trinajstić information content (AvgIpc) is 2.80. The number of methoxy groups -OCH3 is 1. The van der Waals surface area contributed by atoms with Crippen LogP contribution in [0.25, 0.3) is 11.9 Å². The second-order valence-electron chi connectivity index (χ2n) is 3.19. The summed E-state index contributed by atoms with van der Waals surface area (Å²) in [6.07, 6.45) is -4.08. The lowest BCUT2D eigenvalue weighted by Crippen LogP contribution is -2.29. The number of ether oxygens (including phenoxy) is 1. The molecule has 0 atom stereocenters. The summed E-state index contributed by atoms with van der Waals surface area (Å²) in [5.41, 5.74) is -1.08. The number of imidazole rings is 1. The lowest BCUT2D eigenvalue weighted by atomic mass is 10.5. The third-order valence-electron chi connectivity index (χ3n) is 2.06. The van der Waals surface area contributed by atoms with E-state index in [4.69, 9.17) is 0 Å². The van der Waals surface area contributed by atoms with Gasteiger partial charge in [0.15, 0.2) is 0 Å². The summed E-state index contributed by atoms with van der Waals surface area (Å²) in [4.78, 5) is 24.8. The standard InChI is InChI=1S/C8H5F3N4O3/c1-18-4(16)2-3-5(17)15-6(8(9,10)11)13-14-7(15)12-3/h2H,1H3,(H,12,14). The number of aromatic amines is 1. The van der Waals surface area contributed by atoms with Gasteiger partial charge in [0, 0.05) is 0 Å². The normalized spacial score (nSPS) is 13.2. The van der Waals surface area contributed by atoms with Gasteiger partial charge in [0.25, 0.3) is 5.56 Å². The summed E-state index contributed by atoms with van der Waals surface area (Å²) >= 11 is 0. The fourth-order valence-corrected chi connectivity index (χ4v) is 1.31. The number of carbonyl (C=O) groups excluding carboxylic acids is 1. The van der Waals surface area contributed by atoms with Gasteiger partial charge in [0.1, 0.15) is 5.35 Å². The Kier molecular flexibility index (Phi) is 2.56. The SMILES string of the molecule is COC(=O)C=c1[nH]c2nnc(C(F)(F)F)n2c1=O. The molecule has 2 aromatic heterocycles. The Labute approximate surface area is 95.9 Å². The first-order chi connectivity index (χ1) is 8.34. The zero-order valence-corrected chi connectivity index (χ0v) is 8.78. The van der Waals surface area contributed by atoms with Crippen molar-refractivity contribution in [2.45, 2.75) is 6.18 Å².